The molecule has 3 radical (unpaired) electrons. The van der Waals surface area contributed by atoms with Crippen LogP contribution in [-0.4, -0.2) is 194 Å². The van der Waals surface area contributed by atoms with Gasteiger partial charge in [0.1, 0.15) is 5.15 Å². The van der Waals surface area contributed by atoms with E-state index in [2.05, 4.69) is 103 Å². The number of nitrogens with zero attached hydrogens (tertiary/aromatic N) is 17. The number of benzene rings is 8. The minimum absolute atomic E-state index is 0. The Bertz CT molecular complexity index is 5930. The van der Waals surface area contributed by atoms with Gasteiger partial charge in [-0.15, -0.1) is 5.06 Å². The number of halogens is 7. The number of carbonyl (C=O) groups is 5. The SMILES string of the molecule is C.C.CN(C)c1ncc(-c2ccc(C(=O)NC(CO)CO)cc2)c(-c2ccccc2)n1.CN(C)c1ncc(-c2ccc(C(=O)O)cc2)c(-c2ccccc2)n1.CN(C)c1ncc(-c2ccc(C(=O)ON3C(=O)CCC3=O)cc2)c(-c2ccccc2)n1.CN(C)c1ncc(Br)c(-c2ccccc2)n1.Clc1ncc(Br)c(-c2ccccc2)n1.Clc1ncc(Br)c(Cl)n1.F.[2HH].[B]. The van der Waals surface area contributed by atoms with Gasteiger partial charge in [0.05, 0.1) is 72.3 Å². The zero-order valence-corrected chi connectivity index (χ0v) is 75.4. The van der Waals surface area contributed by atoms with Crippen molar-refractivity contribution in [1.82, 2.24) is 70.2 Å². The van der Waals surface area contributed by atoms with Crippen LogP contribution in [0.4, 0.5) is 28.5 Å². The Balaban J connectivity index is 0.000000280. The minimum atomic E-state index is -0.941. The molecule has 8 aromatic carbocycles. The van der Waals surface area contributed by atoms with E-state index in [-0.39, 0.29) is 83.1 Å². The highest BCUT2D eigenvalue weighted by atomic mass is 79.9. The van der Waals surface area contributed by atoms with Gasteiger partial charge in [0.15, 0.2) is 0 Å². The maximum absolute atomic E-state index is 12.3. The van der Waals surface area contributed by atoms with Gasteiger partial charge in [-0.1, -0.05) is 215 Å². The molecular formula is C92H91BBr3Cl3FN18O9. The smallest absolute Gasteiger partial charge is 0.363 e. The van der Waals surface area contributed by atoms with Crippen molar-refractivity contribution in [3.8, 4) is 89.7 Å². The van der Waals surface area contributed by atoms with Crippen molar-refractivity contribution >= 4 is 144 Å². The first-order valence-electron chi connectivity index (χ1n) is 37.5. The van der Waals surface area contributed by atoms with Gasteiger partial charge < -0.3 is 45.1 Å². The monoisotopic (exact) mass is 1960 g/mol. The van der Waals surface area contributed by atoms with Gasteiger partial charge in [-0.05, 0) is 124 Å². The van der Waals surface area contributed by atoms with Crippen LogP contribution in [0.1, 0.15) is 60.2 Å². The van der Waals surface area contributed by atoms with E-state index < -0.39 is 29.8 Å². The number of hydrogen-bond donors (Lipinski definition) is 4. The topological polar surface area (TPSA) is 338 Å². The quantitative estimate of drug-likeness (QED) is 0.0253. The van der Waals surface area contributed by atoms with Gasteiger partial charge in [-0.25, -0.2) is 69.4 Å². The molecule has 1 aliphatic heterocycles. The Morgan fingerprint density at radius 1 is 0.402 bits per heavy atom. The largest absolute Gasteiger partial charge is 0.478 e. The van der Waals surface area contributed by atoms with Gasteiger partial charge in [0, 0.05) is 166 Å². The summed E-state index contributed by atoms with van der Waals surface area (Å²) in [6, 6.07) is 69.2. The molecule has 27 nitrogen and oxygen atoms in total. The number of aromatic nitrogens is 12. The molecule has 15 rings (SSSR count). The Morgan fingerprint density at radius 2 is 0.685 bits per heavy atom. The number of carboxylic acids is 1. The molecule has 1 saturated heterocycles. The maximum atomic E-state index is 12.3. The zero-order valence-electron chi connectivity index (χ0n) is 68.4. The average molecular weight is 1970 g/mol. The highest BCUT2D eigenvalue weighted by molar-refractivity contribution is 9.11. The second-order valence-corrected chi connectivity index (χ2v) is 30.8. The van der Waals surface area contributed by atoms with E-state index in [0.717, 1.165) is 98.6 Å². The van der Waals surface area contributed by atoms with E-state index in [1.54, 1.807) is 91.6 Å². The van der Waals surface area contributed by atoms with Crippen LogP contribution in [0.5, 0.6) is 0 Å². The predicted molar refractivity (Wildman–Crippen MR) is 514 cm³/mol. The number of carboxylic acid groups (broad SMARTS) is 1. The number of aliphatic hydroxyl groups is 2. The second-order valence-electron chi connectivity index (χ2n) is 27.2. The Kier molecular flexibility index (Phi) is 40.9. The summed E-state index contributed by atoms with van der Waals surface area (Å²) in [6.07, 6.45) is 10.3. The fourth-order valence-electron chi connectivity index (χ4n) is 11.3. The van der Waals surface area contributed by atoms with Crippen molar-refractivity contribution in [2.45, 2.75) is 33.7 Å². The first kappa shape index (κ1) is 103. The lowest BCUT2D eigenvalue weighted by Crippen LogP contribution is -2.40. The molecule has 0 unspecified atom stereocenters. The van der Waals surface area contributed by atoms with E-state index in [9.17, 15) is 24.0 Å². The Hall–Kier alpha value is -12.8. The van der Waals surface area contributed by atoms with Crippen LogP contribution in [-0.2, 0) is 14.4 Å². The molecule has 6 aromatic heterocycles. The Labute approximate surface area is 779 Å². The molecule has 0 atom stereocenters. The number of aromatic carboxylic acids is 1. The van der Waals surface area contributed by atoms with Gasteiger partial charge >= 0.3 is 11.9 Å². The van der Waals surface area contributed by atoms with Crippen molar-refractivity contribution < 1.29 is 50.3 Å². The first-order valence-corrected chi connectivity index (χ1v) is 41.0. The molecule has 7 heterocycles. The number of amides is 3. The van der Waals surface area contributed by atoms with Crippen LogP contribution in [0.15, 0.2) is 275 Å². The molecule has 127 heavy (non-hydrogen) atoms. The summed E-state index contributed by atoms with van der Waals surface area (Å²) >= 11 is 26.6. The number of carbonyl (C=O) groups excluding carboxylic acids is 4. The molecule has 4 N–H and O–H groups in total. The summed E-state index contributed by atoms with van der Waals surface area (Å²) < 4.78 is 2.39. The van der Waals surface area contributed by atoms with Crippen LogP contribution in [0.3, 0.4) is 0 Å². The normalized spacial score (nSPS) is 10.8. The van der Waals surface area contributed by atoms with Gasteiger partial charge in [-0.2, -0.15) is 0 Å². The number of imide groups is 1. The average Bonchev–Trinajstić information content (AvgIpc) is 1.20. The fraction of sp³-hybridized carbons (Fsp3) is 0.163. The third kappa shape index (κ3) is 28.9. The lowest BCUT2D eigenvalue weighted by Gasteiger charge is -2.15. The number of nitrogens with one attached hydrogen (secondary N) is 1. The molecule has 35 heteroatoms. The minimum Gasteiger partial charge on any atom is -0.478 e. The Morgan fingerprint density at radius 3 is 1.00 bits per heavy atom. The van der Waals surface area contributed by atoms with Crippen molar-refractivity contribution in [3.05, 3.63) is 307 Å². The van der Waals surface area contributed by atoms with Crippen molar-refractivity contribution in [2.24, 2.45) is 0 Å². The van der Waals surface area contributed by atoms with Crippen LogP contribution < -0.4 is 24.9 Å². The molecule has 1 aliphatic rings. The van der Waals surface area contributed by atoms with Crippen LogP contribution in [0.25, 0.3) is 89.7 Å². The molecule has 0 aliphatic carbocycles. The van der Waals surface area contributed by atoms with Crippen LogP contribution in [0, 0.1) is 0 Å². The van der Waals surface area contributed by atoms with E-state index in [4.69, 9.17) is 64.9 Å². The molecule has 0 bridgehead atoms. The van der Waals surface area contributed by atoms with Gasteiger partial charge in [0.2, 0.25) is 34.4 Å². The van der Waals surface area contributed by atoms with E-state index in [1.165, 1.54) is 6.20 Å². The standard InChI is InChI=1S/C23H20N4O4.C22H24N4O3.C19H17N3O2.C12H12BrN3.C10H6BrClN2.C4HBrCl2N2.2CH4.B.FH.H2/c1-26(2)23-24-14-18(21(25-23)16-6-4-3-5-7-16)15-8-10-17(11-9-15)22(30)31-27-19(28)12-13-20(27)29;1-26(2)22-23-12-19(20(25-22)16-6-4-3-5-7-16)15-8-10-17(11-9-15)21(29)24-18(13-27)14-28;1-22(2)19-20-12-16(13-8-10-15(11-9-13)18(23)24)17(21-19)14-6-4-3-5-7-14;1-16(2)12-14-8-10(13)11(15-12)9-6-4-3-5-7-9;11-8-6-13-10(12)14-9(8)7-4-2-1-3-5-7;5-2-1-8-4(7)9-3(2)6;;;;;/h3-11,14H,12-13H2,1-2H3;3-12,18,27-28H,13-14H2,1-2H3,(H,24,29);3-12H,1-2H3,(H,23,24);3-8H,1-2H3;1-6H;1H;2*1H4;;2*1H/i;;;;;;;;;;1+1. The van der Waals surface area contributed by atoms with E-state index >= 15 is 0 Å². The summed E-state index contributed by atoms with van der Waals surface area (Å²) in [5, 5.41) is 31.2. The lowest BCUT2D eigenvalue weighted by atomic mass is 9.99. The third-order valence-corrected chi connectivity index (χ3v) is 20.2. The molecule has 655 valence electrons. The highest BCUT2D eigenvalue weighted by Gasteiger charge is 2.33. The number of anilines is 4. The third-order valence-electron chi connectivity index (χ3n) is 17.6. The summed E-state index contributed by atoms with van der Waals surface area (Å²) in [4.78, 5) is 123. The number of rotatable bonds is 19. The lowest BCUT2D eigenvalue weighted by molar-refractivity contribution is -0.172. The summed E-state index contributed by atoms with van der Waals surface area (Å²) in [5.41, 5.74) is 15.1. The molecule has 1 fully saturated rings. The van der Waals surface area contributed by atoms with Gasteiger partial charge in [-0.3, -0.25) is 19.1 Å². The molecule has 0 spiro atoms. The maximum Gasteiger partial charge on any atom is 0.363 e. The molecule has 14 aromatic rings. The van der Waals surface area contributed by atoms with Crippen molar-refractivity contribution in [1.29, 1.82) is 0 Å². The molecule has 3 amide bonds. The highest BCUT2D eigenvalue weighted by Crippen LogP contribution is 2.36. The second kappa shape index (κ2) is 50.4. The van der Waals surface area contributed by atoms with E-state index in [0.29, 0.717) is 44.0 Å². The van der Waals surface area contributed by atoms with Crippen molar-refractivity contribution in [3.63, 3.8) is 0 Å². The van der Waals surface area contributed by atoms with Gasteiger partial charge in [0.25, 0.3) is 17.7 Å². The van der Waals surface area contributed by atoms with Crippen LogP contribution >= 0.6 is 82.6 Å². The zero-order chi connectivity index (χ0) is 88.2. The molecular weight excluding hydrogens is 1880 g/mol. The fourth-order valence-corrected chi connectivity index (χ4v) is 12.7. The first-order chi connectivity index (χ1) is 59.2. The van der Waals surface area contributed by atoms with E-state index in [1.807, 2.05) is 240 Å². The molecule has 0 saturated carbocycles. The van der Waals surface area contributed by atoms with Crippen LogP contribution in [0.2, 0.25) is 15.7 Å². The predicted octanol–water partition coefficient (Wildman–Crippen LogP) is 19.0. The van der Waals surface area contributed by atoms with Crippen molar-refractivity contribution in [2.75, 3.05) is 89.2 Å². The summed E-state index contributed by atoms with van der Waals surface area (Å²) in [5.74, 6) is -0.553. The summed E-state index contributed by atoms with van der Waals surface area (Å²) in [6.45, 7) is -0.646. The number of hydroxylamine groups is 2. The summed E-state index contributed by atoms with van der Waals surface area (Å²) in [7, 11) is 15.2. The number of aliphatic hydroxyl groups excluding tert-OH is 2. The number of hydrogen-bond acceptors (Lipinski definition) is 24.